The molecule has 9 heteroatoms. The molecule has 3 aromatic heterocycles. The standard InChI is InChI=1S/C22H26N6O3/c1-13-16(17-19(27-22(2)7-8-22)24-12-25-20(17)31-13)21(29)28-10-5-14(6-11-28)18-23-9-4-15(26-18)30-3/h4,9,12,14H,5-8,10-11H2,1-3H3,(H,24,25,27). The van der Waals surface area contributed by atoms with Crippen LogP contribution in [0.3, 0.4) is 0 Å². The van der Waals surface area contributed by atoms with E-state index < -0.39 is 0 Å². The van der Waals surface area contributed by atoms with E-state index >= 15 is 0 Å². The number of fused-ring (bicyclic) bond motifs is 1. The summed E-state index contributed by atoms with van der Waals surface area (Å²) in [6.45, 7) is 5.23. The number of anilines is 1. The van der Waals surface area contributed by atoms with Gasteiger partial charge < -0.3 is 19.4 Å². The average Bonchev–Trinajstić information content (AvgIpc) is 3.41. The van der Waals surface area contributed by atoms with Crippen LogP contribution in [0.25, 0.3) is 11.1 Å². The third kappa shape index (κ3) is 3.68. The van der Waals surface area contributed by atoms with Gasteiger partial charge in [-0.25, -0.2) is 15.0 Å². The zero-order valence-electron chi connectivity index (χ0n) is 18.0. The van der Waals surface area contributed by atoms with Crippen LogP contribution < -0.4 is 10.1 Å². The van der Waals surface area contributed by atoms with Crippen LogP contribution in [0.15, 0.2) is 23.0 Å². The van der Waals surface area contributed by atoms with Gasteiger partial charge in [0.25, 0.3) is 5.91 Å². The fourth-order valence-electron chi connectivity index (χ4n) is 4.16. The van der Waals surface area contributed by atoms with E-state index in [1.807, 2.05) is 11.8 Å². The molecule has 1 aliphatic heterocycles. The molecule has 0 unspecified atom stereocenters. The van der Waals surface area contributed by atoms with E-state index in [-0.39, 0.29) is 17.4 Å². The Kier molecular flexibility index (Phi) is 4.75. The Morgan fingerprint density at radius 3 is 2.74 bits per heavy atom. The van der Waals surface area contributed by atoms with Gasteiger partial charge in [-0.15, -0.1) is 0 Å². The zero-order chi connectivity index (χ0) is 21.6. The van der Waals surface area contributed by atoms with Crippen LogP contribution in [0.4, 0.5) is 5.82 Å². The summed E-state index contributed by atoms with van der Waals surface area (Å²) in [5.74, 6) is 2.74. The van der Waals surface area contributed by atoms with Crippen molar-refractivity contribution in [2.45, 2.75) is 51.0 Å². The van der Waals surface area contributed by atoms with Crippen molar-refractivity contribution in [3.05, 3.63) is 35.7 Å². The highest BCUT2D eigenvalue weighted by Gasteiger charge is 2.39. The molecule has 2 fully saturated rings. The lowest BCUT2D eigenvalue weighted by atomic mass is 9.95. The number of piperidine rings is 1. The van der Waals surface area contributed by atoms with E-state index in [4.69, 9.17) is 9.15 Å². The number of methoxy groups -OCH3 is 1. The lowest BCUT2D eigenvalue weighted by Gasteiger charge is -2.31. The van der Waals surface area contributed by atoms with Gasteiger partial charge in [0, 0.05) is 36.8 Å². The summed E-state index contributed by atoms with van der Waals surface area (Å²) in [5, 5.41) is 4.15. The Morgan fingerprint density at radius 2 is 2.03 bits per heavy atom. The molecule has 1 amide bonds. The van der Waals surface area contributed by atoms with Crippen molar-refractivity contribution in [3.8, 4) is 5.88 Å². The molecular weight excluding hydrogens is 396 g/mol. The first-order valence-electron chi connectivity index (χ1n) is 10.7. The van der Waals surface area contributed by atoms with Gasteiger partial charge in [0.15, 0.2) is 0 Å². The van der Waals surface area contributed by atoms with Crippen molar-refractivity contribution in [1.29, 1.82) is 0 Å². The number of hydrogen-bond donors (Lipinski definition) is 1. The van der Waals surface area contributed by atoms with Gasteiger partial charge in [-0.05, 0) is 39.5 Å². The van der Waals surface area contributed by atoms with Crippen molar-refractivity contribution in [3.63, 3.8) is 0 Å². The van der Waals surface area contributed by atoms with Gasteiger partial charge in [-0.3, -0.25) is 4.79 Å². The second kappa shape index (κ2) is 7.47. The predicted octanol–water partition coefficient (Wildman–Crippen LogP) is 3.31. The zero-order valence-corrected chi connectivity index (χ0v) is 18.0. The number of amides is 1. The average molecular weight is 422 g/mol. The molecule has 4 heterocycles. The first kappa shape index (κ1) is 19.7. The highest BCUT2D eigenvalue weighted by atomic mass is 16.5. The van der Waals surface area contributed by atoms with Gasteiger partial charge in [0.1, 0.15) is 23.7 Å². The molecule has 3 aromatic rings. The Bertz CT molecular complexity index is 1130. The smallest absolute Gasteiger partial charge is 0.258 e. The second-order valence-corrected chi connectivity index (χ2v) is 8.65. The molecular formula is C22H26N6O3. The number of likely N-dealkylation sites (tertiary alicyclic amines) is 1. The molecule has 0 spiro atoms. The first-order valence-corrected chi connectivity index (χ1v) is 10.7. The fraction of sp³-hybridized carbons (Fsp3) is 0.500. The molecule has 0 bridgehead atoms. The maximum absolute atomic E-state index is 13.5. The molecule has 1 aliphatic carbocycles. The lowest BCUT2D eigenvalue weighted by molar-refractivity contribution is 0.0711. The number of hydrogen-bond acceptors (Lipinski definition) is 8. The minimum absolute atomic E-state index is 0.0296. The van der Waals surface area contributed by atoms with Crippen LogP contribution >= 0.6 is 0 Å². The van der Waals surface area contributed by atoms with Crippen LogP contribution in [0, 0.1) is 6.92 Å². The van der Waals surface area contributed by atoms with Crippen molar-refractivity contribution >= 4 is 22.8 Å². The highest BCUT2D eigenvalue weighted by Crippen LogP contribution is 2.40. The van der Waals surface area contributed by atoms with Gasteiger partial charge >= 0.3 is 0 Å². The summed E-state index contributed by atoms with van der Waals surface area (Å²) in [5.41, 5.74) is 1.03. The minimum atomic E-state index is -0.0416. The number of rotatable bonds is 5. The molecule has 0 atom stereocenters. The van der Waals surface area contributed by atoms with E-state index in [1.54, 1.807) is 19.4 Å². The molecule has 0 aromatic carbocycles. The van der Waals surface area contributed by atoms with Crippen LogP contribution in [0.1, 0.15) is 60.5 Å². The molecule has 5 rings (SSSR count). The quantitative estimate of drug-likeness (QED) is 0.667. The molecule has 9 nitrogen and oxygen atoms in total. The van der Waals surface area contributed by atoms with Crippen molar-refractivity contribution in [1.82, 2.24) is 24.8 Å². The minimum Gasteiger partial charge on any atom is -0.481 e. The number of carbonyl (C=O) groups excluding carboxylic acids is 1. The molecule has 1 saturated heterocycles. The Hall–Kier alpha value is -3.23. The summed E-state index contributed by atoms with van der Waals surface area (Å²) in [4.78, 5) is 32.9. The van der Waals surface area contributed by atoms with Crippen molar-refractivity contribution < 1.29 is 13.9 Å². The summed E-state index contributed by atoms with van der Waals surface area (Å²) in [6.07, 6.45) is 6.96. The number of ether oxygens (including phenoxy) is 1. The van der Waals surface area contributed by atoms with Crippen LogP contribution in [0.5, 0.6) is 5.88 Å². The van der Waals surface area contributed by atoms with Gasteiger partial charge in [0.05, 0.1) is 18.1 Å². The Morgan fingerprint density at radius 1 is 1.26 bits per heavy atom. The third-order valence-corrected chi connectivity index (χ3v) is 6.30. The normalized spacial score (nSPS) is 18.2. The van der Waals surface area contributed by atoms with Gasteiger partial charge in [0.2, 0.25) is 11.6 Å². The van der Waals surface area contributed by atoms with Crippen molar-refractivity contribution in [2.24, 2.45) is 0 Å². The van der Waals surface area contributed by atoms with E-state index in [2.05, 4.69) is 32.2 Å². The first-order chi connectivity index (χ1) is 15.0. The van der Waals surface area contributed by atoms with Crippen LogP contribution in [-0.4, -0.2) is 56.5 Å². The highest BCUT2D eigenvalue weighted by molar-refractivity contribution is 6.10. The molecule has 0 radical (unpaired) electrons. The summed E-state index contributed by atoms with van der Waals surface area (Å²) in [7, 11) is 1.60. The molecule has 31 heavy (non-hydrogen) atoms. The maximum Gasteiger partial charge on any atom is 0.258 e. The Labute approximate surface area is 180 Å². The lowest BCUT2D eigenvalue weighted by Crippen LogP contribution is -2.38. The van der Waals surface area contributed by atoms with E-state index in [0.717, 1.165) is 31.5 Å². The molecule has 2 aliphatic rings. The maximum atomic E-state index is 13.5. The van der Waals surface area contributed by atoms with Crippen LogP contribution in [-0.2, 0) is 0 Å². The molecule has 162 valence electrons. The SMILES string of the molecule is COc1ccnc(C2CCN(C(=O)c3c(C)oc4ncnc(NC5(C)CC5)c34)CC2)n1. The number of furan rings is 1. The molecule has 1 N–H and O–H groups in total. The second-order valence-electron chi connectivity index (χ2n) is 8.65. The number of aromatic nitrogens is 4. The predicted molar refractivity (Wildman–Crippen MR) is 114 cm³/mol. The Balaban J connectivity index is 1.38. The van der Waals surface area contributed by atoms with E-state index in [9.17, 15) is 4.79 Å². The number of nitrogens with zero attached hydrogens (tertiary/aromatic N) is 5. The number of nitrogens with one attached hydrogen (secondary N) is 1. The van der Waals surface area contributed by atoms with Gasteiger partial charge in [-0.1, -0.05) is 0 Å². The third-order valence-electron chi connectivity index (χ3n) is 6.30. The van der Waals surface area contributed by atoms with Crippen molar-refractivity contribution in [2.75, 3.05) is 25.5 Å². The summed E-state index contributed by atoms with van der Waals surface area (Å²) >= 11 is 0. The number of aryl methyl sites for hydroxylation is 1. The summed E-state index contributed by atoms with van der Waals surface area (Å²) in [6, 6.07) is 1.74. The topological polar surface area (TPSA) is 106 Å². The number of carbonyl (C=O) groups is 1. The summed E-state index contributed by atoms with van der Waals surface area (Å²) < 4.78 is 11.0. The largest absolute Gasteiger partial charge is 0.481 e. The molecule has 1 saturated carbocycles. The van der Waals surface area contributed by atoms with E-state index in [0.29, 0.717) is 47.2 Å². The van der Waals surface area contributed by atoms with Crippen LogP contribution in [0.2, 0.25) is 0 Å². The fourth-order valence-corrected chi connectivity index (χ4v) is 4.16. The van der Waals surface area contributed by atoms with E-state index in [1.165, 1.54) is 6.33 Å². The van der Waals surface area contributed by atoms with Gasteiger partial charge in [-0.2, -0.15) is 4.98 Å². The monoisotopic (exact) mass is 422 g/mol.